The molecule has 0 amide bonds. The average molecular weight is 162 g/mol. The van der Waals surface area contributed by atoms with E-state index in [2.05, 4.69) is 34.3 Å². The highest BCUT2D eigenvalue weighted by Gasteiger charge is 2.21. The van der Waals surface area contributed by atoms with E-state index in [1.165, 1.54) is 11.1 Å². The zero-order valence-corrected chi connectivity index (χ0v) is 8.99. The topological polar surface area (TPSA) is 0 Å². The third-order valence-corrected chi connectivity index (χ3v) is 2.23. The maximum atomic E-state index is 6.14. The van der Waals surface area contributed by atoms with Gasteiger partial charge in [-0.3, -0.25) is 0 Å². The van der Waals surface area contributed by atoms with Gasteiger partial charge in [-0.15, -0.1) is 0 Å². The van der Waals surface area contributed by atoms with Crippen molar-refractivity contribution in [2.75, 3.05) is 0 Å². The third-order valence-electron chi connectivity index (χ3n) is 2.23. The molecule has 0 spiro atoms. The minimum Gasteiger partial charge on any atom is -0.0958 e. The molecule has 12 heavy (non-hydrogen) atoms. The summed E-state index contributed by atoms with van der Waals surface area (Å²) in [6, 6.07) is 0. The zero-order chi connectivity index (χ0) is 9.94. The van der Waals surface area contributed by atoms with Gasteiger partial charge in [-0.1, -0.05) is 38.0 Å². The van der Waals surface area contributed by atoms with Crippen LogP contribution in [0.1, 0.15) is 41.0 Å². The van der Waals surface area contributed by atoms with Gasteiger partial charge in [0.05, 0.1) is 7.85 Å². The first-order chi connectivity index (χ1) is 5.33. The van der Waals surface area contributed by atoms with Gasteiger partial charge in [-0.05, 0) is 31.7 Å². The predicted molar refractivity (Wildman–Crippen MR) is 57.6 cm³/mol. The normalized spacial score (nSPS) is 15.1. The summed E-state index contributed by atoms with van der Waals surface area (Å²) in [5, 5.41) is -0.218. The molecule has 0 aromatic heterocycles. The third kappa shape index (κ3) is 2.55. The van der Waals surface area contributed by atoms with Crippen LogP contribution in [0.3, 0.4) is 0 Å². The van der Waals surface area contributed by atoms with Crippen LogP contribution in [0.2, 0.25) is 5.31 Å². The van der Waals surface area contributed by atoms with Crippen LogP contribution < -0.4 is 0 Å². The standard InChI is InChI=1S/C11H19B/c1-7-11(6,12)10(8(2)3)9(4)5/h2,7H2,1,3-6H3. The lowest BCUT2D eigenvalue weighted by molar-refractivity contribution is 0.681. The molecular formula is C11H19B. The molecule has 0 nitrogen and oxygen atoms in total. The van der Waals surface area contributed by atoms with E-state index in [0.29, 0.717) is 0 Å². The first kappa shape index (κ1) is 11.5. The monoisotopic (exact) mass is 162 g/mol. The molecule has 0 aromatic carbocycles. The molecule has 0 aliphatic heterocycles. The van der Waals surface area contributed by atoms with E-state index in [1.807, 2.05) is 6.92 Å². The highest BCUT2D eigenvalue weighted by atomic mass is 14.2. The molecule has 0 heterocycles. The van der Waals surface area contributed by atoms with Gasteiger partial charge < -0.3 is 0 Å². The van der Waals surface area contributed by atoms with E-state index in [4.69, 9.17) is 7.85 Å². The summed E-state index contributed by atoms with van der Waals surface area (Å²) in [6.45, 7) is 14.3. The van der Waals surface area contributed by atoms with E-state index in [1.54, 1.807) is 0 Å². The van der Waals surface area contributed by atoms with Gasteiger partial charge in [0, 0.05) is 0 Å². The Balaban J connectivity index is 5.04. The van der Waals surface area contributed by atoms with Gasteiger partial charge in [-0.25, -0.2) is 0 Å². The van der Waals surface area contributed by atoms with Gasteiger partial charge >= 0.3 is 0 Å². The fourth-order valence-electron chi connectivity index (χ4n) is 1.66. The van der Waals surface area contributed by atoms with Crippen molar-refractivity contribution >= 4 is 7.85 Å². The smallest absolute Gasteiger partial charge is 0.0806 e. The number of allylic oxidation sites excluding steroid dienone is 3. The fraction of sp³-hybridized carbons (Fsp3) is 0.636. The Morgan fingerprint density at radius 2 is 1.75 bits per heavy atom. The van der Waals surface area contributed by atoms with Crippen molar-refractivity contribution in [1.82, 2.24) is 0 Å². The van der Waals surface area contributed by atoms with Gasteiger partial charge in [0.15, 0.2) is 0 Å². The van der Waals surface area contributed by atoms with Crippen LogP contribution in [-0.4, -0.2) is 7.85 Å². The maximum Gasteiger partial charge on any atom is 0.0806 e. The lowest BCUT2D eigenvalue weighted by Gasteiger charge is -2.29. The SMILES string of the molecule is [B]C(C)(CC)C(C(=C)C)=C(C)C. The lowest BCUT2D eigenvalue weighted by atomic mass is 9.61. The second-order valence-corrected chi connectivity index (χ2v) is 3.93. The van der Waals surface area contributed by atoms with Crippen LogP contribution in [0.15, 0.2) is 23.3 Å². The minimum atomic E-state index is -0.218. The van der Waals surface area contributed by atoms with Crippen molar-refractivity contribution in [1.29, 1.82) is 0 Å². The highest BCUT2D eigenvalue weighted by Crippen LogP contribution is 2.40. The van der Waals surface area contributed by atoms with Crippen molar-refractivity contribution in [2.45, 2.75) is 46.4 Å². The summed E-state index contributed by atoms with van der Waals surface area (Å²) in [7, 11) is 6.14. The van der Waals surface area contributed by atoms with Crippen molar-refractivity contribution in [3.63, 3.8) is 0 Å². The van der Waals surface area contributed by atoms with Gasteiger partial charge in [-0.2, -0.15) is 0 Å². The molecule has 0 bridgehead atoms. The fourth-order valence-corrected chi connectivity index (χ4v) is 1.66. The first-order valence-electron chi connectivity index (χ1n) is 4.45. The molecule has 0 aliphatic rings. The Bertz CT molecular complexity index is 205. The second kappa shape index (κ2) is 3.98. The Morgan fingerprint density at radius 3 is 1.83 bits per heavy atom. The molecule has 1 unspecified atom stereocenters. The summed E-state index contributed by atoms with van der Waals surface area (Å²) in [5.74, 6) is 0. The van der Waals surface area contributed by atoms with Crippen LogP contribution in [0, 0.1) is 0 Å². The van der Waals surface area contributed by atoms with Crippen LogP contribution in [0.4, 0.5) is 0 Å². The average Bonchev–Trinajstić information content (AvgIpc) is 1.84. The molecule has 0 saturated carbocycles. The quantitative estimate of drug-likeness (QED) is 0.438. The Hall–Kier alpha value is -0.455. The highest BCUT2D eigenvalue weighted by molar-refractivity contribution is 6.17. The van der Waals surface area contributed by atoms with E-state index < -0.39 is 0 Å². The second-order valence-electron chi connectivity index (χ2n) is 3.93. The first-order valence-corrected chi connectivity index (χ1v) is 4.45. The summed E-state index contributed by atoms with van der Waals surface area (Å²) >= 11 is 0. The molecule has 0 rings (SSSR count). The molecule has 66 valence electrons. The molecule has 0 fully saturated rings. The van der Waals surface area contributed by atoms with Crippen LogP contribution in [0.25, 0.3) is 0 Å². The van der Waals surface area contributed by atoms with Crippen molar-refractivity contribution < 1.29 is 0 Å². The maximum absolute atomic E-state index is 6.14. The van der Waals surface area contributed by atoms with E-state index in [9.17, 15) is 0 Å². The van der Waals surface area contributed by atoms with E-state index in [-0.39, 0.29) is 5.31 Å². The van der Waals surface area contributed by atoms with Crippen molar-refractivity contribution in [3.8, 4) is 0 Å². The molecule has 0 aromatic rings. The molecule has 2 radical (unpaired) electrons. The molecule has 0 N–H and O–H groups in total. The molecule has 0 saturated heterocycles. The van der Waals surface area contributed by atoms with E-state index in [0.717, 1.165) is 12.0 Å². The minimum absolute atomic E-state index is 0.218. The predicted octanol–water partition coefficient (Wildman–Crippen LogP) is 3.66. The van der Waals surface area contributed by atoms with Gasteiger partial charge in [0.25, 0.3) is 0 Å². The van der Waals surface area contributed by atoms with Crippen molar-refractivity contribution in [3.05, 3.63) is 23.3 Å². The van der Waals surface area contributed by atoms with E-state index >= 15 is 0 Å². The summed E-state index contributed by atoms with van der Waals surface area (Å²) in [6.07, 6.45) is 0.945. The van der Waals surface area contributed by atoms with Gasteiger partial charge in [0.1, 0.15) is 0 Å². The van der Waals surface area contributed by atoms with Crippen LogP contribution >= 0.6 is 0 Å². The Kier molecular flexibility index (Phi) is 3.82. The Morgan fingerprint density at radius 1 is 1.33 bits per heavy atom. The number of rotatable bonds is 3. The number of hydrogen-bond acceptors (Lipinski definition) is 0. The lowest BCUT2D eigenvalue weighted by Crippen LogP contribution is -2.12. The van der Waals surface area contributed by atoms with Crippen molar-refractivity contribution in [2.24, 2.45) is 0 Å². The molecular weight excluding hydrogens is 143 g/mol. The molecule has 1 heteroatoms. The largest absolute Gasteiger partial charge is 0.0958 e. The van der Waals surface area contributed by atoms with Crippen LogP contribution in [-0.2, 0) is 0 Å². The molecule has 1 atom stereocenters. The summed E-state index contributed by atoms with van der Waals surface area (Å²) < 4.78 is 0. The van der Waals surface area contributed by atoms with Gasteiger partial charge in [0.2, 0.25) is 0 Å². The summed E-state index contributed by atoms with van der Waals surface area (Å²) in [5.41, 5.74) is 3.57. The zero-order valence-electron chi connectivity index (χ0n) is 8.99. The Labute approximate surface area is 78.2 Å². The molecule has 0 aliphatic carbocycles. The summed E-state index contributed by atoms with van der Waals surface area (Å²) in [4.78, 5) is 0. The number of hydrogen-bond donors (Lipinski definition) is 0. The van der Waals surface area contributed by atoms with Crippen LogP contribution in [0.5, 0.6) is 0 Å².